The summed E-state index contributed by atoms with van der Waals surface area (Å²) in [6.07, 6.45) is 2.39. The number of benzene rings is 2. The number of nitrogens with two attached hydrogens (primary N) is 1. The number of hydrogen-bond donors (Lipinski definition) is 1. The van der Waals surface area contributed by atoms with Gasteiger partial charge in [0.15, 0.2) is 0 Å². The molecule has 2 rings (SSSR count). The Morgan fingerprint density at radius 1 is 1.19 bits per heavy atom. The monoisotopic (exact) mass is 305 g/mol. The molecule has 112 valence electrons. The highest BCUT2D eigenvalue weighted by Crippen LogP contribution is 2.32. The van der Waals surface area contributed by atoms with Gasteiger partial charge in [-0.05, 0) is 42.5 Å². The SMILES string of the molecule is CCC(N)C(Oc1ccccc1SC)c1cccc(F)c1. The van der Waals surface area contributed by atoms with Crippen LogP contribution in [0.15, 0.2) is 53.4 Å². The van der Waals surface area contributed by atoms with E-state index in [1.807, 2.05) is 43.5 Å². The van der Waals surface area contributed by atoms with Crippen molar-refractivity contribution in [2.75, 3.05) is 6.26 Å². The molecule has 0 spiro atoms. The summed E-state index contributed by atoms with van der Waals surface area (Å²) >= 11 is 1.62. The molecule has 2 atom stereocenters. The molecule has 0 aromatic heterocycles. The van der Waals surface area contributed by atoms with Crippen LogP contribution in [0.4, 0.5) is 4.39 Å². The van der Waals surface area contributed by atoms with Crippen LogP contribution in [0.25, 0.3) is 0 Å². The van der Waals surface area contributed by atoms with E-state index in [0.29, 0.717) is 0 Å². The van der Waals surface area contributed by atoms with Gasteiger partial charge in [-0.15, -0.1) is 11.8 Å². The third-order valence-corrected chi connectivity index (χ3v) is 4.14. The molecule has 0 heterocycles. The molecule has 0 radical (unpaired) electrons. The fourth-order valence-corrected chi connectivity index (χ4v) is 2.69. The van der Waals surface area contributed by atoms with Crippen molar-refractivity contribution in [3.63, 3.8) is 0 Å². The minimum atomic E-state index is -0.362. The molecule has 21 heavy (non-hydrogen) atoms. The topological polar surface area (TPSA) is 35.2 Å². The number of ether oxygens (including phenoxy) is 1. The summed E-state index contributed by atoms with van der Waals surface area (Å²) in [5.41, 5.74) is 6.95. The summed E-state index contributed by atoms with van der Waals surface area (Å²) < 4.78 is 19.6. The summed E-state index contributed by atoms with van der Waals surface area (Å²) in [6, 6.07) is 14.1. The van der Waals surface area contributed by atoms with Crippen molar-refractivity contribution in [1.82, 2.24) is 0 Å². The molecule has 2 aromatic carbocycles. The van der Waals surface area contributed by atoms with Crippen molar-refractivity contribution in [1.29, 1.82) is 0 Å². The average molecular weight is 305 g/mol. The van der Waals surface area contributed by atoms with Crippen molar-refractivity contribution >= 4 is 11.8 Å². The third kappa shape index (κ3) is 3.99. The minimum Gasteiger partial charge on any atom is -0.483 e. The Morgan fingerprint density at radius 3 is 2.62 bits per heavy atom. The van der Waals surface area contributed by atoms with E-state index in [4.69, 9.17) is 10.5 Å². The maximum Gasteiger partial charge on any atom is 0.139 e. The fraction of sp³-hybridized carbons (Fsp3) is 0.294. The molecule has 2 unspecified atom stereocenters. The second-order valence-electron chi connectivity index (χ2n) is 4.82. The Hall–Kier alpha value is -1.52. The highest BCUT2D eigenvalue weighted by Gasteiger charge is 2.22. The summed E-state index contributed by atoms with van der Waals surface area (Å²) in [5.74, 6) is 0.505. The Morgan fingerprint density at radius 2 is 1.95 bits per heavy atom. The molecule has 2 nitrogen and oxygen atoms in total. The van der Waals surface area contributed by atoms with Crippen LogP contribution >= 0.6 is 11.8 Å². The summed E-state index contributed by atoms with van der Waals surface area (Å²) in [4.78, 5) is 1.04. The number of halogens is 1. The van der Waals surface area contributed by atoms with Gasteiger partial charge in [-0.2, -0.15) is 0 Å². The normalized spacial score (nSPS) is 13.7. The van der Waals surface area contributed by atoms with E-state index in [-0.39, 0.29) is 18.0 Å². The van der Waals surface area contributed by atoms with E-state index in [9.17, 15) is 4.39 Å². The molecule has 0 aliphatic rings. The van der Waals surface area contributed by atoms with Gasteiger partial charge >= 0.3 is 0 Å². The minimum absolute atomic E-state index is 0.193. The van der Waals surface area contributed by atoms with E-state index in [0.717, 1.165) is 22.6 Å². The van der Waals surface area contributed by atoms with Crippen molar-refractivity contribution < 1.29 is 9.13 Å². The molecular formula is C17H20FNOS. The molecule has 0 fully saturated rings. The second-order valence-corrected chi connectivity index (χ2v) is 5.66. The first-order chi connectivity index (χ1) is 10.2. The predicted octanol–water partition coefficient (Wildman–Crippen LogP) is 4.41. The van der Waals surface area contributed by atoms with Crippen LogP contribution in [0.5, 0.6) is 5.75 Å². The molecule has 0 saturated carbocycles. The molecule has 0 amide bonds. The number of rotatable bonds is 6. The van der Waals surface area contributed by atoms with Crippen molar-refractivity contribution in [3.05, 3.63) is 59.9 Å². The summed E-state index contributed by atoms with van der Waals surface area (Å²) in [6.45, 7) is 2.00. The Balaban J connectivity index is 2.33. The zero-order valence-corrected chi connectivity index (χ0v) is 13.1. The van der Waals surface area contributed by atoms with Gasteiger partial charge in [0, 0.05) is 10.9 Å². The molecule has 2 aromatic rings. The van der Waals surface area contributed by atoms with Crippen molar-refractivity contribution in [2.45, 2.75) is 30.4 Å². The lowest BCUT2D eigenvalue weighted by Gasteiger charge is -2.25. The predicted molar refractivity (Wildman–Crippen MR) is 86.3 cm³/mol. The lowest BCUT2D eigenvalue weighted by atomic mass is 10.0. The van der Waals surface area contributed by atoms with Crippen LogP contribution in [0.3, 0.4) is 0 Å². The van der Waals surface area contributed by atoms with Gasteiger partial charge in [0.05, 0.1) is 0 Å². The molecule has 0 bridgehead atoms. The standard InChI is InChI=1S/C17H20FNOS/c1-3-14(19)17(12-7-6-8-13(18)11-12)20-15-9-4-5-10-16(15)21-2/h4-11,14,17H,3,19H2,1-2H3. The maximum absolute atomic E-state index is 13.5. The van der Waals surface area contributed by atoms with Crippen LogP contribution in [0.1, 0.15) is 25.0 Å². The Labute approximate surface area is 129 Å². The van der Waals surface area contributed by atoms with Gasteiger partial charge in [-0.1, -0.05) is 31.2 Å². The quantitative estimate of drug-likeness (QED) is 0.803. The lowest BCUT2D eigenvalue weighted by molar-refractivity contribution is 0.166. The highest BCUT2D eigenvalue weighted by atomic mass is 32.2. The van der Waals surface area contributed by atoms with Gasteiger partial charge in [-0.25, -0.2) is 4.39 Å². The first-order valence-corrected chi connectivity index (χ1v) is 8.19. The summed E-state index contributed by atoms with van der Waals surface area (Å²) in [7, 11) is 0. The smallest absolute Gasteiger partial charge is 0.139 e. The summed E-state index contributed by atoms with van der Waals surface area (Å²) in [5, 5.41) is 0. The molecular weight excluding hydrogens is 285 g/mol. The van der Waals surface area contributed by atoms with E-state index < -0.39 is 0 Å². The molecule has 0 saturated heterocycles. The Bertz CT molecular complexity index is 591. The lowest BCUT2D eigenvalue weighted by Crippen LogP contribution is -2.31. The van der Waals surface area contributed by atoms with Gasteiger partial charge in [0.25, 0.3) is 0 Å². The maximum atomic E-state index is 13.5. The number of hydrogen-bond acceptors (Lipinski definition) is 3. The van der Waals surface area contributed by atoms with E-state index in [1.165, 1.54) is 12.1 Å². The van der Waals surface area contributed by atoms with Crippen LogP contribution < -0.4 is 10.5 Å². The fourth-order valence-electron chi connectivity index (χ4n) is 2.15. The third-order valence-electron chi connectivity index (χ3n) is 3.36. The second kappa shape index (κ2) is 7.48. The van der Waals surface area contributed by atoms with Crippen LogP contribution in [-0.2, 0) is 0 Å². The number of para-hydroxylation sites is 1. The van der Waals surface area contributed by atoms with Gasteiger partial charge in [0.2, 0.25) is 0 Å². The zero-order chi connectivity index (χ0) is 15.2. The molecule has 0 aliphatic carbocycles. The van der Waals surface area contributed by atoms with Crippen molar-refractivity contribution in [2.24, 2.45) is 5.73 Å². The zero-order valence-electron chi connectivity index (χ0n) is 12.3. The van der Waals surface area contributed by atoms with Crippen LogP contribution in [0.2, 0.25) is 0 Å². The molecule has 2 N–H and O–H groups in total. The van der Waals surface area contributed by atoms with Gasteiger partial charge in [-0.3, -0.25) is 0 Å². The first kappa shape index (κ1) is 15.9. The Kier molecular flexibility index (Phi) is 5.65. The van der Waals surface area contributed by atoms with E-state index in [1.54, 1.807) is 17.8 Å². The van der Waals surface area contributed by atoms with Crippen molar-refractivity contribution in [3.8, 4) is 5.75 Å². The van der Waals surface area contributed by atoms with E-state index in [2.05, 4.69) is 0 Å². The average Bonchev–Trinajstić information content (AvgIpc) is 2.52. The number of thioether (sulfide) groups is 1. The van der Waals surface area contributed by atoms with Crippen LogP contribution in [0, 0.1) is 5.82 Å². The largest absolute Gasteiger partial charge is 0.483 e. The van der Waals surface area contributed by atoms with Gasteiger partial charge < -0.3 is 10.5 Å². The molecule has 4 heteroatoms. The molecule has 0 aliphatic heterocycles. The first-order valence-electron chi connectivity index (χ1n) is 6.96. The van der Waals surface area contributed by atoms with E-state index >= 15 is 0 Å². The highest BCUT2D eigenvalue weighted by molar-refractivity contribution is 7.98. The van der Waals surface area contributed by atoms with Gasteiger partial charge in [0.1, 0.15) is 17.7 Å². The van der Waals surface area contributed by atoms with Crippen LogP contribution in [-0.4, -0.2) is 12.3 Å².